The van der Waals surface area contributed by atoms with Crippen LogP contribution in [0.1, 0.15) is 61.5 Å². The van der Waals surface area contributed by atoms with Gasteiger partial charge in [-0.25, -0.2) is 9.67 Å². The molecule has 3 aromatic heterocycles. The van der Waals surface area contributed by atoms with Gasteiger partial charge in [0.15, 0.2) is 5.54 Å². The normalized spacial score (nSPS) is 15.7. The number of aryl methyl sites for hydroxylation is 1. The number of halogens is 4. The molecule has 1 aliphatic rings. The Morgan fingerprint density at radius 1 is 1.23 bits per heavy atom. The van der Waals surface area contributed by atoms with Gasteiger partial charge in [-0.1, -0.05) is 37.6 Å². The molecular weight excluding hydrogens is 549 g/mol. The fraction of sp³-hybridized carbons (Fsp3) is 0.423. The Balaban J connectivity index is 1.58. The van der Waals surface area contributed by atoms with Crippen molar-refractivity contribution in [2.75, 3.05) is 17.2 Å². The van der Waals surface area contributed by atoms with Crippen LogP contribution < -0.4 is 10.6 Å². The van der Waals surface area contributed by atoms with Gasteiger partial charge >= 0.3 is 6.18 Å². The van der Waals surface area contributed by atoms with Crippen molar-refractivity contribution in [1.82, 2.24) is 25.0 Å². The summed E-state index contributed by atoms with van der Waals surface area (Å²) in [4.78, 5) is 9.50. The molecule has 1 aromatic carbocycles. The second kappa shape index (κ2) is 9.64. The topological polar surface area (TPSA) is 104 Å². The standard InChI is InChI=1S/C26H26ClF3N8S/c1-14-23(39-13-34-14)22(19-11-38(37-36-19)25(5-6-25)26(28,29)30)35-16-7-17-20(33-12-24(2,3)4)15(9-31)10-32-21(17)18(27)8-16/h7-8,10-11,13,22,35H,5-6,12H2,1-4H3,(H,32,33). The van der Waals surface area contributed by atoms with E-state index in [0.29, 0.717) is 45.1 Å². The number of alkyl halides is 3. The molecule has 5 rings (SSSR count). The molecule has 13 heteroatoms. The number of pyridine rings is 1. The Hall–Kier alpha value is -3.43. The molecule has 4 aromatic rings. The first-order valence-electron chi connectivity index (χ1n) is 12.3. The van der Waals surface area contributed by atoms with Crippen LogP contribution in [0.25, 0.3) is 10.9 Å². The molecule has 1 fully saturated rings. The summed E-state index contributed by atoms with van der Waals surface area (Å²) < 4.78 is 42.2. The minimum Gasteiger partial charge on any atom is -0.383 e. The number of anilines is 2. The Morgan fingerprint density at radius 3 is 2.56 bits per heavy atom. The van der Waals surface area contributed by atoms with E-state index in [1.54, 1.807) is 11.6 Å². The maximum atomic E-state index is 13.7. The van der Waals surface area contributed by atoms with Crippen molar-refractivity contribution < 1.29 is 13.2 Å². The number of aromatic nitrogens is 5. The van der Waals surface area contributed by atoms with Crippen molar-refractivity contribution in [3.63, 3.8) is 0 Å². The smallest absolute Gasteiger partial charge is 0.383 e. The highest BCUT2D eigenvalue weighted by Gasteiger charge is 2.66. The highest BCUT2D eigenvalue weighted by Crippen LogP contribution is 2.55. The van der Waals surface area contributed by atoms with Crippen LogP contribution in [0.5, 0.6) is 0 Å². The van der Waals surface area contributed by atoms with Gasteiger partial charge in [0.05, 0.1) is 44.1 Å². The van der Waals surface area contributed by atoms with Crippen LogP contribution >= 0.6 is 22.9 Å². The van der Waals surface area contributed by atoms with Crippen LogP contribution in [0.4, 0.5) is 24.5 Å². The van der Waals surface area contributed by atoms with Crippen molar-refractivity contribution in [3.05, 3.63) is 56.9 Å². The number of nitrogens with zero attached hydrogens (tertiary/aromatic N) is 6. The molecule has 1 unspecified atom stereocenters. The second-order valence-electron chi connectivity index (χ2n) is 10.9. The monoisotopic (exact) mass is 574 g/mol. The quantitative estimate of drug-likeness (QED) is 0.249. The molecule has 0 spiro atoms. The number of fused-ring (bicyclic) bond motifs is 1. The minimum absolute atomic E-state index is 0.0319. The SMILES string of the molecule is Cc1ncsc1C(Nc1cc(Cl)c2ncc(C#N)c(NCC(C)(C)C)c2c1)c1cn(C2(C(F)(F)F)CC2)nn1. The van der Waals surface area contributed by atoms with E-state index in [1.807, 2.05) is 13.0 Å². The number of thiazole rings is 1. The molecule has 0 aliphatic heterocycles. The molecule has 0 radical (unpaired) electrons. The van der Waals surface area contributed by atoms with Gasteiger partial charge in [0.25, 0.3) is 0 Å². The first kappa shape index (κ1) is 27.1. The summed E-state index contributed by atoms with van der Waals surface area (Å²) in [6, 6.07) is 5.07. The molecule has 204 valence electrons. The minimum atomic E-state index is -4.42. The predicted octanol–water partition coefficient (Wildman–Crippen LogP) is 6.83. The van der Waals surface area contributed by atoms with E-state index in [2.05, 4.69) is 57.8 Å². The summed E-state index contributed by atoms with van der Waals surface area (Å²) in [6.07, 6.45) is -1.64. The number of benzene rings is 1. The van der Waals surface area contributed by atoms with E-state index in [1.165, 1.54) is 23.7 Å². The molecular formula is C26H26ClF3N8S. The van der Waals surface area contributed by atoms with E-state index in [0.717, 1.165) is 15.3 Å². The van der Waals surface area contributed by atoms with Crippen molar-refractivity contribution in [2.45, 2.75) is 58.3 Å². The molecule has 3 heterocycles. The van der Waals surface area contributed by atoms with Gasteiger partial charge in [-0.3, -0.25) is 4.98 Å². The lowest BCUT2D eigenvalue weighted by Crippen LogP contribution is -2.35. The summed E-state index contributed by atoms with van der Waals surface area (Å²) in [7, 11) is 0. The zero-order valence-corrected chi connectivity index (χ0v) is 23.3. The summed E-state index contributed by atoms with van der Waals surface area (Å²) >= 11 is 8.01. The maximum Gasteiger partial charge on any atom is 0.413 e. The first-order valence-corrected chi connectivity index (χ1v) is 13.5. The lowest BCUT2D eigenvalue weighted by molar-refractivity contribution is -0.182. The second-order valence-corrected chi connectivity index (χ2v) is 12.2. The van der Waals surface area contributed by atoms with Crippen molar-refractivity contribution in [1.29, 1.82) is 5.26 Å². The van der Waals surface area contributed by atoms with Gasteiger partial charge in [-0.2, -0.15) is 18.4 Å². The van der Waals surface area contributed by atoms with Crippen LogP contribution in [0, 0.1) is 23.7 Å². The van der Waals surface area contributed by atoms with E-state index in [-0.39, 0.29) is 18.3 Å². The highest BCUT2D eigenvalue weighted by atomic mass is 35.5. The fourth-order valence-corrected chi connectivity index (χ4v) is 5.51. The van der Waals surface area contributed by atoms with Gasteiger partial charge in [-0.05, 0) is 37.3 Å². The van der Waals surface area contributed by atoms with Crippen molar-refractivity contribution in [3.8, 4) is 6.07 Å². The third kappa shape index (κ3) is 5.13. The average Bonchev–Trinajstić information content (AvgIpc) is 3.35. The lowest BCUT2D eigenvalue weighted by Gasteiger charge is -2.22. The Morgan fingerprint density at radius 2 is 1.97 bits per heavy atom. The van der Waals surface area contributed by atoms with Gasteiger partial charge < -0.3 is 10.6 Å². The molecule has 0 saturated heterocycles. The van der Waals surface area contributed by atoms with E-state index in [4.69, 9.17) is 11.6 Å². The molecule has 8 nitrogen and oxygen atoms in total. The van der Waals surface area contributed by atoms with Crippen LogP contribution in [0.3, 0.4) is 0 Å². The third-order valence-electron chi connectivity index (χ3n) is 6.69. The molecule has 39 heavy (non-hydrogen) atoms. The summed E-state index contributed by atoms with van der Waals surface area (Å²) in [6.45, 7) is 8.66. The van der Waals surface area contributed by atoms with E-state index < -0.39 is 17.8 Å². The summed E-state index contributed by atoms with van der Waals surface area (Å²) in [5, 5.41) is 25.5. The molecule has 1 atom stereocenters. The zero-order valence-electron chi connectivity index (χ0n) is 21.7. The number of nitrogens with one attached hydrogen (secondary N) is 2. The fourth-order valence-electron chi connectivity index (χ4n) is 4.38. The average molecular weight is 575 g/mol. The molecule has 1 saturated carbocycles. The van der Waals surface area contributed by atoms with Gasteiger partial charge in [0.1, 0.15) is 17.8 Å². The summed E-state index contributed by atoms with van der Waals surface area (Å²) in [5.74, 6) is 0. The lowest BCUT2D eigenvalue weighted by atomic mass is 9.96. The number of nitriles is 1. The number of hydrogen-bond donors (Lipinski definition) is 2. The van der Waals surface area contributed by atoms with Crippen LogP contribution in [0.2, 0.25) is 5.02 Å². The van der Waals surface area contributed by atoms with E-state index >= 15 is 0 Å². The predicted molar refractivity (Wildman–Crippen MR) is 145 cm³/mol. The van der Waals surface area contributed by atoms with Crippen LogP contribution in [-0.2, 0) is 5.54 Å². The Labute approximate surface area is 232 Å². The largest absolute Gasteiger partial charge is 0.413 e. The van der Waals surface area contributed by atoms with Crippen molar-refractivity contribution >= 4 is 45.2 Å². The molecule has 1 aliphatic carbocycles. The number of hydrogen-bond acceptors (Lipinski definition) is 8. The van der Waals surface area contributed by atoms with Gasteiger partial charge in [-0.15, -0.1) is 16.4 Å². The zero-order chi connectivity index (χ0) is 28.2. The van der Waals surface area contributed by atoms with Crippen molar-refractivity contribution in [2.24, 2.45) is 5.41 Å². The van der Waals surface area contributed by atoms with Crippen LogP contribution in [0.15, 0.2) is 30.0 Å². The summed E-state index contributed by atoms with van der Waals surface area (Å²) in [5.41, 5.74) is 2.73. The Bertz CT molecular complexity index is 1580. The number of rotatable bonds is 7. The van der Waals surface area contributed by atoms with Gasteiger partial charge in [0.2, 0.25) is 0 Å². The van der Waals surface area contributed by atoms with E-state index in [9.17, 15) is 18.4 Å². The molecule has 2 N–H and O–H groups in total. The maximum absolute atomic E-state index is 13.7. The first-order chi connectivity index (χ1) is 18.3. The molecule has 0 bridgehead atoms. The highest BCUT2D eigenvalue weighted by molar-refractivity contribution is 7.09. The van der Waals surface area contributed by atoms with Crippen LogP contribution in [-0.4, -0.2) is 37.7 Å². The van der Waals surface area contributed by atoms with Gasteiger partial charge in [0, 0.05) is 23.8 Å². The molecule has 0 amide bonds. The third-order valence-corrected chi connectivity index (χ3v) is 7.98. The Kier molecular flexibility index (Phi) is 6.71.